The lowest BCUT2D eigenvalue weighted by Crippen LogP contribution is -2.32. The molecule has 3 heterocycles. The molecule has 1 aliphatic heterocycles. The minimum Gasteiger partial charge on any atom is -0.382 e. The maximum atomic E-state index is 14.6. The molecule has 0 saturated carbocycles. The number of urea groups is 1. The van der Waals surface area contributed by atoms with Crippen molar-refractivity contribution in [2.75, 3.05) is 45.3 Å². The van der Waals surface area contributed by atoms with E-state index in [1.807, 2.05) is 0 Å². The second-order valence-electron chi connectivity index (χ2n) is 7.88. The predicted octanol–water partition coefficient (Wildman–Crippen LogP) is 2.94. The number of halogens is 1. The Morgan fingerprint density at radius 2 is 2.00 bits per heavy atom. The summed E-state index contributed by atoms with van der Waals surface area (Å²) < 4.78 is 26.4. The van der Waals surface area contributed by atoms with E-state index in [-0.39, 0.29) is 30.4 Å². The van der Waals surface area contributed by atoms with Crippen molar-refractivity contribution in [1.29, 1.82) is 0 Å². The van der Waals surface area contributed by atoms with Crippen LogP contribution in [0.15, 0.2) is 36.8 Å². The number of nitrogens with one attached hydrogen (secondary N) is 1. The van der Waals surface area contributed by atoms with Gasteiger partial charge < -0.3 is 19.7 Å². The molecule has 3 aromatic rings. The standard InChI is InChI=1S/C23H26FN5O4/c1-32-8-9-33-15-18(30)10-16-12-25-22-27-21(14-29(22)13-16)19-11-17(4-5-20(19)24)26-23(31)28-6-2-3-7-28/h4-5,11-14H,2-3,6-10,15H2,1H3,(H,26,31). The van der Waals surface area contributed by atoms with Crippen molar-refractivity contribution in [2.45, 2.75) is 19.3 Å². The molecule has 1 saturated heterocycles. The summed E-state index contributed by atoms with van der Waals surface area (Å²) in [5.41, 5.74) is 1.82. The zero-order chi connectivity index (χ0) is 23.2. The zero-order valence-corrected chi connectivity index (χ0v) is 18.4. The first kappa shape index (κ1) is 22.8. The number of methoxy groups -OCH3 is 1. The van der Waals surface area contributed by atoms with E-state index in [0.29, 0.717) is 35.9 Å². The summed E-state index contributed by atoms with van der Waals surface area (Å²) in [6, 6.07) is 4.20. The number of aromatic nitrogens is 3. The highest BCUT2D eigenvalue weighted by atomic mass is 19.1. The third kappa shape index (κ3) is 5.71. The van der Waals surface area contributed by atoms with Crippen molar-refractivity contribution in [3.63, 3.8) is 0 Å². The number of anilines is 1. The van der Waals surface area contributed by atoms with Crippen molar-refractivity contribution in [1.82, 2.24) is 19.3 Å². The number of amides is 2. The SMILES string of the molecule is COCCOCC(=O)Cc1cnc2nc(-c3cc(NC(=O)N4CCCC4)ccc3F)cn2c1. The van der Waals surface area contributed by atoms with Gasteiger partial charge in [0.15, 0.2) is 5.78 Å². The van der Waals surface area contributed by atoms with Gasteiger partial charge in [-0.25, -0.2) is 19.2 Å². The van der Waals surface area contributed by atoms with Crippen LogP contribution in [0.4, 0.5) is 14.9 Å². The number of fused-ring (bicyclic) bond motifs is 1. The number of hydrogen-bond acceptors (Lipinski definition) is 6. The number of benzene rings is 1. The molecule has 0 atom stereocenters. The number of carbonyl (C=O) groups excluding carboxylic acids is 2. The number of hydrogen-bond donors (Lipinski definition) is 1. The molecule has 0 radical (unpaired) electrons. The molecule has 9 nitrogen and oxygen atoms in total. The fourth-order valence-electron chi connectivity index (χ4n) is 3.68. The van der Waals surface area contributed by atoms with Crippen molar-refractivity contribution in [2.24, 2.45) is 0 Å². The Morgan fingerprint density at radius 1 is 1.18 bits per heavy atom. The fourth-order valence-corrected chi connectivity index (χ4v) is 3.68. The minimum absolute atomic E-state index is 0.00225. The Morgan fingerprint density at radius 3 is 2.79 bits per heavy atom. The van der Waals surface area contributed by atoms with Gasteiger partial charge in [0.2, 0.25) is 5.78 Å². The van der Waals surface area contributed by atoms with Gasteiger partial charge in [0.25, 0.3) is 0 Å². The molecule has 1 N–H and O–H groups in total. The number of ketones is 1. The van der Waals surface area contributed by atoms with Crippen LogP contribution in [0, 0.1) is 5.82 Å². The first-order chi connectivity index (χ1) is 16.0. The van der Waals surface area contributed by atoms with Crippen molar-refractivity contribution in [3.05, 3.63) is 48.2 Å². The molecule has 4 rings (SSSR count). The van der Waals surface area contributed by atoms with Crippen LogP contribution in [0.3, 0.4) is 0 Å². The summed E-state index contributed by atoms with van der Waals surface area (Å²) in [6.07, 6.45) is 7.10. The van der Waals surface area contributed by atoms with E-state index in [9.17, 15) is 14.0 Å². The number of imidazole rings is 1. The zero-order valence-electron chi connectivity index (χ0n) is 18.4. The lowest BCUT2D eigenvalue weighted by atomic mass is 10.1. The number of nitrogens with zero attached hydrogens (tertiary/aromatic N) is 4. The Kier molecular flexibility index (Phi) is 7.26. The molecule has 0 spiro atoms. The highest BCUT2D eigenvalue weighted by Gasteiger charge is 2.19. The van der Waals surface area contributed by atoms with Crippen molar-refractivity contribution >= 4 is 23.3 Å². The predicted molar refractivity (Wildman–Crippen MR) is 120 cm³/mol. The van der Waals surface area contributed by atoms with Crippen molar-refractivity contribution < 1.29 is 23.5 Å². The first-order valence-electron chi connectivity index (χ1n) is 10.8. The van der Waals surface area contributed by atoms with Crippen LogP contribution >= 0.6 is 0 Å². The fraction of sp³-hybridized carbons (Fsp3) is 0.391. The average Bonchev–Trinajstić information content (AvgIpc) is 3.48. The van der Waals surface area contributed by atoms with E-state index in [0.717, 1.165) is 25.9 Å². The van der Waals surface area contributed by atoms with Crippen LogP contribution in [0.2, 0.25) is 0 Å². The number of Topliss-reactive ketones (excluding diaryl/α,β-unsaturated/α-hetero) is 1. The third-order valence-corrected chi connectivity index (χ3v) is 5.35. The Bertz CT molecular complexity index is 1140. The number of ether oxygens (including phenoxy) is 2. The molecule has 33 heavy (non-hydrogen) atoms. The highest BCUT2D eigenvalue weighted by molar-refractivity contribution is 5.90. The monoisotopic (exact) mass is 455 g/mol. The summed E-state index contributed by atoms with van der Waals surface area (Å²) in [4.78, 5) is 34.9. The Hall–Kier alpha value is -3.37. The maximum Gasteiger partial charge on any atom is 0.321 e. The second-order valence-corrected chi connectivity index (χ2v) is 7.88. The molecule has 0 unspecified atom stereocenters. The molecule has 0 bridgehead atoms. The van der Waals surface area contributed by atoms with Gasteiger partial charge in [0, 0.05) is 56.5 Å². The maximum absolute atomic E-state index is 14.6. The summed E-state index contributed by atoms with van der Waals surface area (Å²) in [5, 5.41) is 2.82. The third-order valence-electron chi connectivity index (χ3n) is 5.35. The lowest BCUT2D eigenvalue weighted by molar-refractivity contribution is -0.123. The minimum atomic E-state index is -0.457. The smallest absolute Gasteiger partial charge is 0.321 e. The van der Waals surface area contributed by atoms with Gasteiger partial charge in [-0.05, 0) is 36.6 Å². The van der Waals surface area contributed by atoms with Gasteiger partial charge in [-0.2, -0.15) is 0 Å². The van der Waals surface area contributed by atoms with Crippen LogP contribution in [0.1, 0.15) is 18.4 Å². The topological polar surface area (TPSA) is 98.1 Å². The molecule has 1 aromatic carbocycles. The summed E-state index contributed by atoms with van der Waals surface area (Å²) in [5.74, 6) is -0.162. The van der Waals surface area contributed by atoms with Crippen LogP contribution in [0.25, 0.3) is 17.0 Å². The molecule has 10 heteroatoms. The van der Waals surface area contributed by atoms with E-state index < -0.39 is 5.82 Å². The van der Waals surface area contributed by atoms with Crippen LogP contribution in [0.5, 0.6) is 0 Å². The largest absolute Gasteiger partial charge is 0.382 e. The first-order valence-corrected chi connectivity index (χ1v) is 10.8. The quantitative estimate of drug-likeness (QED) is 0.498. The van der Waals surface area contributed by atoms with Crippen LogP contribution < -0.4 is 5.32 Å². The van der Waals surface area contributed by atoms with E-state index in [2.05, 4.69) is 15.3 Å². The molecular weight excluding hydrogens is 429 g/mol. The van der Waals surface area contributed by atoms with Gasteiger partial charge >= 0.3 is 6.03 Å². The van der Waals surface area contributed by atoms with Gasteiger partial charge in [-0.1, -0.05) is 0 Å². The molecule has 2 amide bonds. The van der Waals surface area contributed by atoms with E-state index in [1.54, 1.807) is 41.1 Å². The lowest BCUT2D eigenvalue weighted by Gasteiger charge is -2.16. The van der Waals surface area contributed by atoms with E-state index in [4.69, 9.17) is 9.47 Å². The summed E-state index contributed by atoms with van der Waals surface area (Å²) in [7, 11) is 1.57. The van der Waals surface area contributed by atoms with Gasteiger partial charge in [-0.3, -0.25) is 9.20 Å². The summed E-state index contributed by atoms with van der Waals surface area (Å²) >= 11 is 0. The van der Waals surface area contributed by atoms with Crippen LogP contribution in [-0.4, -0.2) is 71.1 Å². The van der Waals surface area contributed by atoms with Gasteiger partial charge in [-0.15, -0.1) is 0 Å². The molecule has 2 aromatic heterocycles. The van der Waals surface area contributed by atoms with Crippen LogP contribution in [-0.2, 0) is 20.7 Å². The molecule has 0 aliphatic carbocycles. The average molecular weight is 455 g/mol. The van der Waals surface area contributed by atoms with E-state index in [1.165, 1.54) is 12.1 Å². The summed E-state index contributed by atoms with van der Waals surface area (Å²) in [6.45, 7) is 2.23. The van der Waals surface area contributed by atoms with E-state index >= 15 is 0 Å². The number of carbonyl (C=O) groups is 2. The Balaban J connectivity index is 1.48. The van der Waals surface area contributed by atoms with Crippen molar-refractivity contribution in [3.8, 4) is 11.3 Å². The normalized spacial score (nSPS) is 13.6. The molecular formula is C23H26FN5O4. The highest BCUT2D eigenvalue weighted by Crippen LogP contribution is 2.26. The van der Waals surface area contributed by atoms with Gasteiger partial charge in [0.1, 0.15) is 12.4 Å². The van der Waals surface area contributed by atoms with Gasteiger partial charge in [0.05, 0.1) is 18.9 Å². The second kappa shape index (κ2) is 10.5. The Labute approximate surface area is 190 Å². The molecule has 174 valence electrons. The number of rotatable bonds is 9. The molecule has 1 aliphatic rings. The number of likely N-dealkylation sites (tertiary alicyclic amines) is 1. The molecule has 1 fully saturated rings.